The molecule has 0 aromatic heterocycles. The molecule has 0 heterocycles. The number of hydrogen-bond donors (Lipinski definition) is 0. The smallest absolute Gasteiger partial charge is 0.194 e. The third-order valence-corrected chi connectivity index (χ3v) is 4.13. The van der Waals surface area contributed by atoms with E-state index < -0.39 is 0 Å². The van der Waals surface area contributed by atoms with Crippen molar-refractivity contribution < 1.29 is 9.53 Å². The van der Waals surface area contributed by atoms with E-state index in [1.54, 1.807) is 7.11 Å². The van der Waals surface area contributed by atoms with Gasteiger partial charge >= 0.3 is 0 Å². The van der Waals surface area contributed by atoms with E-state index in [-0.39, 0.29) is 5.78 Å². The highest BCUT2D eigenvalue weighted by atomic mass is 16.5. The Kier molecular flexibility index (Phi) is 2.83. The van der Waals surface area contributed by atoms with Crippen LogP contribution in [0.3, 0.4) is 0 Å². The summed E-state index contributed by atoms with van der Waals surface area (Å²) in [5.74, 6) is 0.891. The van der Waals surface area contributed by atoms with E-state index in [9.17, 15) is 4.79 Å². The zero-order valence-corrected chi connectivity index (χ0v) is 12.2. The molecule has 3 aromatic carbocycles. The summed E-state index contributed by atoms with van der Waals surface area (Å²) in [6.45, 7) is 0. The minimum Gasteiger partial charge on any atom is -0.497 e. The minimum absolute atomic E-state index is 0.101. The molecule has 0 fully saturated rings. The van der Waals surface area contributed by atoms with Gasteiger partial charge in [-0.1, -0.05) is 54.6 Å². The predicted octanol–water partition coefficient (Wildman–Crippen LogP) is 4.57. The molecule has 22 heavy (non-hydrogen) atoms. The molecule has 0 saturated heterocycles. The van der Waals surface area contributed by atoms with Crippen LogP contribution in [0.5, 0.6) is 5.75 Å². The topological polar surface area (TPSA) is 26.3 Å². The van der Waals surface area contributed by atoms with Crippen LogP contribution in [0.15, 0.2) is 66.7 Å². The zero-order valence-electron chi connectivity index (χ0n) is 12.2. The van der Waals surface area contributed by atoms with Gasteiger partial charge in [-0.15, -0.1) is 0 Å². The highest BCUT2D eigenvalue weighted by Crippen LogP contribution is 2.41. The molecular weight excluding hydrogens is 272 g/mol. The van der Waals surface area contributed by atoms with E-state index in [0.717, 1.165) is 39.1 Å². The molecule has 0 atom stereocenters. The standard InChI is InChI=1S/C20H14O2/c1-22-14-7-4-6-13(12-14)15-10-5-11-17-16-8-2-3-9-18(16)20(21)19(15)17/h2-12H,1H3. The van der Waals surface area contributed by atoms with Crippen LogP contribution in [0.1, 0.15) is 15.9 Å². The van der Waals surface area contributed by atoms with Crippen LogP contribution >= 0.6 is 0 Å². The van der Waals surface area contributed by atoms with Gasteiger partial charge in [0.2, 0.25) is 0 Å². The van der Waals surface area contributed by atoms with Crippen molar-refractivity contribution in [2.75, 3.05) is 7.11 Å². The van der Waals surface area contributed by atoms with Crippen LogP contribution in [0.25, 0.3) is 22.3 Å². The summed E-state index contributed by atoms with van der Waals surface area (Å²) in [6.07, 6.45) is 0. The molecule has 4 rings (SSSR count). The summed E-state index contributed by atoms with van der Waals surface area (Å²) in [6, 6.07) is 21.6. The summed E-state index contributed by atoms with van der Waals surface area (Å²) in [4.78, 5) is 12.8. The summed E-state index contributed by atoms with van der Waals surface area (Å²) in [5.41, 5.74) is 5.56. The summed E-state index contributed by atoms with van der Waals surface area (Å²) in [5, 5.41) is 0. The molecule has 1 aliphatic carbocycles. The van der Waals surface area contributed by atoms with Crippen LogP contribution in [0.2, 0.25) is 0 Å². The van der Waals surface area contributed by atoms with Crippen LogP contribution in [-0.2, 0) is 0 Å². The number of rotatable bonds is 2. The number of fused-ring (bicyclic) bond motifs is 3. The van der Waals surface area contributed by atoms with Crippen molar-refractivity contribution >= 4 is 5.78 Å². The predicted molar refractivity (Wildman–Crippen MR) is 87.3 cm³/mol. The van der Waals surface area contributed by atoms with Gasteiger partial charge in [0.1, 0.15) is 5.75 Å². The van der Waals surface area contributed by atoms with Gasteiger partial charge in [0, 0.05) is 11.1 Å². The zero-order chi connectivity index (χ0) is 15.1. The Morgan fingerprint density at radius 1 is 0.727 bits per heavy atom. The fraction of sp³-hybridized carbons (Fsp3) is 0.0500. The molecule has 3 aromatic rings. The van der Waals surface area contributed by atoms with Crippen molar-refractivity contribution in [3.63, 3.8) is 0 Å². The van der Waals surface area contributed by atoms with E-state index in [4.69, 9.17) is 4.74 Å². The number of carbonyl (C=O) groups is 1. The van der Waals surface area contributed by atoms with Gasteiger partial charge in [0.15, 0.2) is 5.78 Å². The van der Waals surface area contributed by atoms with Gasteiger partial charge in [0.25, 0.3) is 0 Å². The SMILES string of the molecule is COc1cccc(-c2cccc3c2C(=O)c2ccccc2-3)c1. The lowest BCUT2D eigenvalue weighted by molar-refractivity contribution is 0.104. The maximum absolute atomic E-state index is 12.8. The third-order valence-electron chi connectivity index (χ3n) is 4.13. The van der Waals surface area contributed by atoms with Gasteiger partial charge in [-0.3, -0.25) is 4.79 Å². The van der Waals surface area contributed by atoms with Crippen molar-refractivity contribution in [1.82, 2.24) is 0 Å². The van der Waals surface area contributed by atoms with Crippen LogP contribution in [-0.4, -0.2) is 12.9 Å². The average molecular weight is 286 g/mol. The summed E-state index contributed by atoms with van der Waals surface area (Å²) >= 11 is 0. The van der Waals surface area contributed by atoms with Crippen LogP contribution in [0, 0.1) is 0 Å². The second-order valence-electron chi connectivity index (χ2n) is 5.33. The monoisotopic (exact) mass is 286 g/mol. The first kappa shape index (κ1) is 12.8. The normalized spacial score (nSPS) is 12.0. The first-order valence-electron chi connectivity index (χ1n) is 7.21. The highest BCUT2D eigenvalue weighted by Gasteiger charge is 2.28. The van der Waals surface area contributed by atoms with Crippen LogP contribution in [0.4, 0.5) is 0 Å². The number of benzene rings is 3. The fourth-order valence-electron chi connectivity index (χ4n) is 3.10. The van der Waals surface area contributed by atoms with Gasteiger partial charge in [-0.05, 0) is 34.4 Å². The van der Waals surface area contributed by atoms with E-state index >= 15 is 0 Å². The van der Waals surface area contributed by atoms with Gasteiger partial charge in [-0.25, -0.2) is 0 Å². The Morgan fingerprint density at radius 2 is 1.41 bits per heavy atom. The Labute approximate surface area is 129 Å². The van der Waals surface area contributed by atoms with Gasteiger partial charge in [0.05, 0.1) is 7.11 Å². The second-order valence-corrected chi connectivity index (χ2v) is 5.33. The Balaban J connectivity index is 1.97. The molecule has 0 radical (unpaired) electrons. The molecule has 106 valence electrons. The Hall–Kier alpha value is -2.87. The Morgan fingerprint density at radius 3 is 2.23 bits per heavy atom. The van der Waals surface area contributed by atoms with Crippen LogP contribution < -0.4 is 4.74 Å². The fourth-order valence-corrected chi connectivity index (χ4v) is 3.10. The second kappa shape index (κ2) is 4.85. The first-order chi connectivity index (χ1) is 10.8. The molecule has 0 N–H and O–H groups in total. The maximum atomic E-state index is 12.8. The molecule has 2 heteroatoms. The molecule has 1 aliphatic rings. The molecule has 2 nitrogen and oxygen atoms in total. The molecule has 0 saturated carbocycles. The molecule has 0 spiro atoms. The lowest BCUT2D eigenvalue weighted by Gasteiger charge is -2.09. The van der Waals surface area contributed by atoms with E-state index in [2.05, 4.69) is 0 Å². The quantitative estimate of drug-likeness (QED) is 0.539. The third kappa shape index (κ3) is 1.77. The lowest BCUT2D eigenvalue weighted by atomic mass is 9.95. The highest BCUT2D eigenvalue weighted by molar-refractivity contribution is 6.24. The van der Waals surface area contributed by atoms with E-state index in [1.807, 2.05) is 66.7 Å². The molecule has 0 bridgehead atoms. The van der Waals surface area contributed by atoms with Crippen molar-refractivity contribution in [1.29, 1.82) is 0 Å². The van der Waals surface area contributed by atoms with E-state index in [0.29, 0.717) is 0 Å². The van der Waals surface area contributed by atoms with E-state index in [1.165, 1.54) is 0 Å². The minimum atomic E-state index is 0.101. The largest absolute Gasteiger partial charge is 0.497 e. The van der Waals surface area contributed by atoms with Gasteiger partial charge in [-0.2, -0.15) is 0 Å². The number of hydrogen-bond acceptors (Lipinski definition) is 2. The van der Waals surface area contributed by atoms with Gasteiger partial charge < -0.3 is 4.74 Å². The Bertz CT molecular complexity index is 894. The van der Waals surface area contributed by atoms with Crippen molar-refractivity contribution in [3.8, 4) is 28.0 Å². The molecular formula is C20H14O2. The number of methoxy groups -OCH3 is 1. The molecule has 0 unspecified atom stereocenters. The lowest BCUT2D eigenvalue weighted by Crippen LogP contribution is -1.98. The summed E-state index contributed by atoms with van der Waals surface area (Å²) < 4.78 is 5.30. The average Bonchev–Trinajstić information content (AvgIpc) is 2.88. The van der Waals surface area contributed by atoms with Crippen molar-refractivity contribution in [2.24, 2.45) is 0 Å². The molecule has 0 aliphatic heterocycles. The molecule has 0 amide bonds. The number of carbonyl (C=O) groups excluding carboxylic acids is 1. The number of ketones is 1. The van der Waals surface area contributed by atoms with Crippen molar-refractivity contribution in [2.45, 2.75) is 0 Å². The summed E-state index contributed by atoms with van der Waals surface area (Å²) in [7, 11) is 1.65. The van der Waals surface area contributed by atoms with Crippen molar-refractivity contribution in [3.05, 3.63) is 77.9 Å². The number of ether oxygens (including phenoxy) is 1. The first-order valence-corrected chi connectivity index (χ1v) is 7.21. The maximum Gasteiger partial charge on any atom is 0.194 e.